The van der Waals surface area contributed by atoms with Crippen molar-refractivity contribution in [1.82, 2.24) is 14.8 Å². The van der Waals surface area contributed by atoms with Gasteiger partial charge >= 0.3 is 12.1 Å². The molecule has 2 aromatic heterocycles. The molecule has 0 spiro atoms. The van der Waals surface area contributed by atoms with E-state index in [4.69, 9.17) is 4.74 Å². The van der Waals surface area contributed by atoms with Crippen LogP contribution in [0, 0.1) is 0 Å². The minimum absolute atomic E-state index is 0.00746. The van der Waals surface area contributed by atoms with Crippen LogP contribution >= 0.6 is 11.8 Å². The van der Waals surface area contributed by atoms with Crippen molar-refractivity contribution in [2.45, 2.75) is 31.1 Å². The minimum Gasteiger partial charge on any atom is -0.453 e. The molecule has 0 saturated heterocycles. The van der Waals surface area contributed by atoms with Crippen molar-refractivity contribution in [1.29, 1.82) is 0 Å². The smallest absolute Gasteiger partial charge is 0.435 e. The van der Waals surface area contributed by atoms with Crippen LogP contribution in [0.15, 0.2) is 41.3 Å². The summed E-state index contributed by atoms with van der Waals surface area (Å²) in [5.74, 6) is -0.847. The zero-order chi connectivity index (χ0) is 25.1. The first-order valence-corrected chi connectivity index (χ1v) is 13.0. The summed E-state index contributed by atoms with van der Waals surface area (Å²) in [7, 11) is -3.62. The average molecular weight is 518 g/mol. The topological polar surface area (TPSA) is 114 Å². The number of hydrogen-bond donors (Lipinski definition) is 2. The quantitative estimate of drug-likeness (QED) is 0.329. The molecule has 0 fully saturated rings. The molecule has 0 aliphatic heterocycles. The molecule has 3 rings (SSSR count). The molecule has 2 heterocycles. The number of esters is 1. The minimum atomic E-state index is -4.72. The Morgan fingerprint density at radius 1 is 1.21 bits per heavy atom. The van der Waals surface area contributed by atoms with Gasteiger partial charge in [0, 0.05) is 5.69 Å². The van der Waals surface area contributed by atoms with Gasteiger partial charge in [-0.05, 0) is 41.6 Å². The zero-order valence-corrected chi connectivity index (χ0v) is 19.9. The van der Waals surface area contributed by atoms with E-state index in [1.807, 2.05) is 0 Å². The number of halogens is 3. The highest BCUT2D eigenvalue weighted by molar-refractivity contribution is 7.98. The normalized spacial score (nSPS) is 12.2. The van der Waals surface area contributed by atoms with Gasteiger partial charge in [0.15, 0.2) is 15.5 Å². The van der Waals surface area contributed by atoms with Gasteiger partial charge in [-0.25, -0.2) is 8.42 Å². The van der Waals surface area contributed by atoms with E-state index in [2.05, 4.69) is 10.1 Å². The molecule has 0 unspecified atom stereocenters. The van der Waals surface area contributed by atoms with Gasteiger partial charge < -0.3 is 14.8 Å². The zero-order valence-electron chi connectivity index (χ0n) is 18.2. The number of aliphatic hydroxyl groups is 1. The lowest BCUT2D eigenvalue weighted by molar-refractivity contribution is -0.144. The maximum absolute atomic E-state index is 13.3. The van der Waals surface area contributed by atoms with Crippen molar-refractivity contribution >= 4 is 27.6 Å². The Bertz CT molecular complexity index is 1280. The fraction of sp³-hybridized carbons (Fsp3) is 0.333. The van der Waals surface area contributed by atoms with Crippen LogP contribution in [-0.4, -0.2) is 52.2 Å². The van der Waals surface area contributed by atoms with E-state index in [0.717, 1.165) is 10.7 Å². The van der Waals surface area contributed by atoms with Crippen LogP contribution in [0.25, 0.3) is 22.6 Å². The van der Waals surface area contributed by atoms with Crippen LogP contribution in [0.5, 0.6) is 0 Å². The summed E-state index contributed by atoms with van der Waals surface area (Å²) in [4.78, 5) is 14.9. The second kappa shape index (κ2) is 10.2. The van der Waals surface area contributed by atoms with Gasteiger partial charge in [0.2, 0.25) is 0 Å². The van der Waals surface area contributed by atoms with Crippen molar-refractivity contribution in [2.75, 3.05) is 17.9 Å². The Hall–Kier alpha value is -2.77. The SMILES string of the molecule is CCS(=O)(=O)c1cc(-c2ccc(-c3cc(C(F)(F)F)nn3CC(=O)OCSC)[nH]2)ccc1CO. The van der Waals surface area contributed by atoms with Crippen LogP contribution in [0.3, 0.4) is 0 Å². The van der Waals surface area contributed by atoms with E-state index in [9.17, 15) is 31.5 Å². The summed E-state index contributed by atoms with van der Waals surface area (Å²) in [5.41, 5.74) is 0.208. The summed E-state index contributed by atoms with van der Waals surface area (Å²) in [6.45, 7) is 0.501. The Morgan fingerprint density at radius 2 is 1.91 bits per heavy atom. The standard InChI is InChI=1S/C21H22F3N3O5S2/c1-3-34(30,31)18-8-13(4-5-14(18)11-28)15-6-7-16(25-15)17-9-19(21(22,23)24)26-27(17)10-20(29)32-12-33-2/h4-9,25,28H,3,10-12H2,1-2H3. The van der Waals surface area contributed by atoms with Gasteiger partial charge in [-0.15, -0.1) is 11.8 Å². The number of nitrogens with one attached hydrogen (secondary N) is 1. The van der Waals surface area contributed by atoms with E-state index in [1.165, 1.54) is 36.9 Å². The third kappa shape index (κ3) is 5.65. The number of benzene rings is 1. The van der Waals surface area contributed by atoms with Crippen LogP contribution in [-0.2, 0) is 38.7 Å². The molecule has 3 aromatic rings. The highest BCUT2D eigenvalue weighted by atomic mass is 32.2. The molecule has 34 heavy (non-hydrogen) atoms. The Balaban J connectivity index is 2.02. The van der Waals surface area contributed by atoms with Crippen molar-refractivity contribution < 1.29 is 36.2 Å². The van der Waals surface area contributed by atoms with E-state index in [1.54, 1.807) is 18.4 Å². The first kappa shape index (κ1) is 25.8. The fourth-order valence-corrected chi connectivity index (χ4v) is 4.59. The van der Waals surface area contributed by atoms with Crippen molar-refractivity contribution in [3.05, 3.63) is 47.7 Å². The molecule has 0 atom stereocenters. The lowest BCUT2D eigenvalue weighted by atomic mass is 10.1. The van der Waals surface area contributed by atoms with Crippen LogP contribution in [0.4, 0.5) is 13.2 Å². The molecule has 2 N–H and O–H groups in total. The Kier molecular flexibility index (Phi) is 7.78. The largest absolute Gasteiger partial charge is 0.453 e. The third-order valence-electron chi connectivity index (χ3n) is 4.91. The van der Waals surface area contributed by atoms with Crippen molar-refractivity contribution in [3.63, 3.8) is 0 Å². The average Bonchev–Trinajstić information content (AvgIpc) is 3.44. The van der Waals surface area contributed by atoms with Gasteiger partial charge in [-0.3, -0.25) is 9.48 Å². The number of sulfone groups is 1. The molecule has 0 saturated carbocycles. The van der Waals surface area contributed by atoms with Crippen LogP contribution in [0.2, 0.25) is 0 Å². The molecule has 184 valence electrons. The summed E-state index contributed by atoms with van der Waals surface area (Å²) in [6, 6.07) is 8.37. The molecule has 0 aliphatic rings. The van der Waals surface area contributed by atoms with E-state index >= 15 is 0 Å². The number of aromatic amines is 1. The van der Waals surface area contributed by atoms with Gasteiger partial charge in [0.1, 0.15) is 12.5 Å². The number of alkyl halides is 3. The molecule has 8 nitrogen and oxygen atoms in total. The number of thioether (sulfide) groups is 1. The Morgan fingerprint density at radius 3 is 2.53 bits per heavy atom. The fourth-order valence-electron chi connectivity index (χ4n) is 3.20. The molecule has 0 aliphatic carbocycles. The summed E-state index contributed by atoms with van der Waals surface area (Å²) in [5, 5.41) is 13.0. The van der Waals surface area contributed by atoms with E-state index < -0.39 is 40.8 Å². The number of rotatable bonds is 9. The third-order valence-corrected chi connectivity index (χ3v) is 7.08. The number of ether oxygens (including phenoxy) is 1. The number of aliphatic hydroxyl groups excluding tert-OH is 1. The lowest BCUT2D eigenvalue weighted by Crippen LogP contribution is -2.16. The molecule has 13 heteroatoms. The number of H-pyrrole nitrogens is 1. The number of hydrogen-bond acceptors (Lipinski definition) is 7. The number of carbonyl (C=O) groups excluding carboxylic acids is 1. The second-order valence-corrected chi connectivity index (χ2v) is 10.2. The molecule has 0 radical (unpaired) electrons. The predicted octanol–water partition coefficient (Wildman–Crippen LogP) is 3.71. The molecular weight excluding hydrogens is 495 g/mol. The lowest BCUT2D eigenvalue weighted by Gasteiger charge is -2.10. The molecule has 0 bridgehead atoms. The van der Waals surface area contributed by atoms with Crippen molar-refractivity contribution in [3.8, 4) is 22.6 Å². The van der Waals surface area contributed by atoms with Gasteiger partial charge in [0.25, 0.3) is 0 Å². The summed E-state index contributed by atoms with van der Waals surface area (Å²) >= 11 is 1.24. The maximum atomic E-state index is 13.3. The number of aromatic nitrogens is 3. The summed E-state index contributed by atoms with van der Waals surface area (Å²) in [6.07, 6.45) is -3.01. The molecule has 0 amide bonds. The van der Waals surface area contributed by atoms with Gasteiger partial charge in [0.05, 0.1) is 28.6 Å². The molecular formula is C21H22F3N3O5S2. The maximum Gasteiger partial charge on any atom is 0.435 e. The monoisotopic (exact) mass is 517 g/mol. The first-order chi connectivity index (χ1) is 16.0. The highest BCUT2D eigenvalue weighted by Crippen LogP contribution is 2.33. The van der Waals surface area contributed by atoms with Crippen molar-refractivity contribution in [2.24, 2.45) is 0 Å². The van der Waals surface area contributed by atoms with Crippen LogP contribution in [0.1, 0.15) is 18.2 Å². The number of carbonyl (C=O) groups is 1. The van der Waals surface area contributed by atoms with E-state index in [-0.39, 0.29) is 33.5 Å². The Labute approximate surface area is 198 Å². The first-order valence-electron chi connectivity index (χ1n) is 9.96. The number of nitrogens with zero attached hydrogens (tertiary/aromatic N) is 2. The second-order valence-electron chi connectivity index (χ2n) is 7.16. The van der Waals surface area contributed by atoms with E-state index in [0.29, 0.717) is 11.3 Å². The molecule has 1 aromatic carbocycles. The predicted molar refractivity (Wildman–Crippen MR) is 121 cm³/mol. The van der Waals surface area contributed by atoms with Gasteiger partial charge in [-0.1, -0.05) is 19.1 Å². The highest BCUT2D eigenvalue weighted by Gasteiger charge is 2.35. The van der Waals surface area contributed by atoms with Crippen LogP contribution < -0.4 is 0 Å². The summed E-state index contributed by atoms with van der Waals surface area (Å²) < 4.78 is 70.5. The van der Waals surface area contributed by atoms with Gasteiger partial charge in [-0.2, -0.15) is 18.3 Å².